The standard InChI is InChI=1S/C12H9BrN4/c1-7-8(5-15-17-7)11-6-14-12-9(13)3-2-4-10(12)16-11/h2-6H,1H3,(H,15,17). The van der Waals surface area contributed by atoms with Crippen LogP contribution in [0.25, 0.3) is 22.3 Å². The highest BCUT2D eigenvalue weighted by atomic mass is 79.9. The summed E-state index contributed by atoms with van der Waals surface area (Å²) in [5, 5.41) is 6.89. The van der Waals surface area contributed by atoms with Gasteiger partial charge in [0.1, 0.15) is 5.52 Å². The van der Waals surface area contributed by atoms with Crippen molar-refractivity contribution in [2.45, 2.75) is 6.92 Å². The summed E-state index contributed by atoms with van der Waals surface area (Å²) in [6, 6.07) is 5.86. The second kappa shape index (κ2) is 3.92. The average molecular weight is 289 g/mol. The number of aromatic nitrogens is 4. The van der Waals surface area contributed by atoms with Gasteiger partial charge in [0.2, 0.25) is 0 Å². The SMILES string of the molecule is Cc1[nH]ncc1-c1cnc2c(Br)cccc2n1. The lowest BCUT2D eigenvalue weighted by Gasteiger charge is -2.02. The average Bonchev–Trinajstić information content (AvgIpc) is 2.75. The highest BCUT2D eigenvalue weighted by molar-refractivity contribution is 9.10. The summed E-state index contributed by atoms with van der Waals surface area (Å²) in [6.45, 7) is 1.97. The van der Waals surface area contributed by atoms with Crippen molar-refractivity contribution in [2.24, 2.45) is 0 Å². The zero-order valence-corrected chi connectivity index (χ0v) is 10.7. The fourth-order valence-corrected chi connectivity index (χ4v) is 2.20. The Morgan fingerprint density at radius 1 is 1.24 bits per heavy atom. The maximum atomic E-state index is 4.59. The third-order valence-electron chi connectivity index (χ3n) is 2.63. The summed E-state index contributed by atoms with van der Waals surface area (Å²) >= 11 is 3.46. The lowest BCUT2D eigenvalue weighted by atomic mass is 10.2. The zero-order valence-electron chi connectivity index (χ0n) is 9.11. The van der Waals surface area contributed by atoms with Gasteiger partial charge in [-0.2, -0.15) is 5.10 Å². The topological polar surface area (TPSA) is 54.5 Å². The molecule has 0 saturated heterocycles. The number of rotatable bonds is 1. The van der Waals surface area contributed by atoms with Gasteiger partial charge in [-0.25, -0.2) is 4.98 Å². The number of halogens is 1. The Labute approximate surface area is 106 Å². The normalized spacial score (nSPS) is 10.9. The van der Waals surface area contributed by atoms with E-state index in [1.807, 2.05) is 25.1 Å². The van der Waals surface area contributed by atoms with Gasteiger partial charge in [0.25, 0.3) is 0 Å². The monoisotopic (exact) mass is 288 g/mol. The Morgan fingerprint density at radius 2 is 2.12 bits per heavy atom. The minimum atomic E-state index is 0.835. The molecule has 0 bridgehead atoms. The van der Waals surface area contributed by atoms with E-state index in [-0.39, 0.29) is 0 Å². The predicted octanol–water partition coefficient (Wildman–Crippen LogP) is 3.09. The number of fused-ring (bicyclic) bond motifs is 1. The van der Waals surface area contributed by atoms with E-state index in [2.05, 4.69) is 36.1 Å². The van der Waals surface area contributed by atoms with Gasteiger partial charge in [-0.15, -0.1) is 0 Å². The molecular formula is C12H9BrN4. The molecule has 1 N–H and O–H groups in total. The molecule has 0 aliphatic rings. The molecule has 0 unspecified atom stereocenters. The van der Waals surface area contributed by atoms with Crippen LogP contribution < -0.4 is 0 Å². The van der Waals surface area contributed by atoms with Crippen molar-refractivity contribution in [3.8, 4) is 11.3 Å². The number of aryl methyl sites for hydroxylation is 1. The summed E-state index contributed by atoms with van der Waals surface area (Å²) in [7, 11) is 0. The van der Waals surface area contributed by atoms with E-state index in [0.29, 0.717) is 0 Å². The van der Waals surface area contributed by atoms with Crippen LogP contribution in [0.5, 0.6) is 0 Å². The molecule has 0 atom stereocenters. The van der Waals surface area contributed by atoms with Gasteiger partial charge in [0, 0.05) is 15.7 Å². The fourth-order valence-electron chi connectivity index (χ4n) is 1.75. The summed E-state index contributed by atoms with van der Waals surface area (Å²) < 4.78 is 0.956. The van der Waals surface area contributed by atoms with Crippen molar-refractivity contribution in [1.82, 2.24) is 20.2 Å². The van der Waals surface area contributed by atoms with Crippen molar-refractivity contribution in [3.63, 3.8) is 0 Å². The molecule has 2 heterocycles. The Bertz CT molecular complexity index is 690. The van der Waals surface area contributed by atoms with E-state index >= 15 is 0 Å². The van der Waals surface area contributed by atoms with Gasteiger partial charge >= 0.3 is 0 Å². The van der Waals surface area contributed by atoms with Crippen LogP contribution in [0.3, 0.4) is 0 Å². The molecule has 84 valence electrons. The largest absolute Gasteiger partial charge is 0.282 e. The Morgan fingerprint density at radius 3 is 2.88 bits per heavy atom. The molecule has 0 aliphatic heterocycles. The number of benzene rings is 1. The zero-order chi connectivity index (χ0) is 11.8. The molecule has 0 aliphatic carbocycles. The van der Waals surface area contributed by atoms with Crippen LogP contribution in [0.1, 0.15) is 5.69 Å². The van der Waals surface area contributed by atoms with E-state index < -0.39 is 0 Å². The minimum Gasteiger partial charge on any atom is -0.282 e. The Hall–Kier alpha value is -1.75. The molecule has 2 aromatic heterocycles. The number of nitrogens with zero attached hydrogens (tertiary/aromatic N) is 3. The molecule has 1 aromatic carbocycles. The van der Waals surface area contributed by atoms with Crippen molar-refractivity contribution in [3.05, 3.63) is 40.8 Å². The molecule has 0 spiro atoms. The van der Waals surface area contributed by atoms with Crippen molar-refractivity contribution < 1.29 is 0 Å². The lowest BCUT2D eigenvalue weighted by molar-refractivity contribution is 1.05. The number of para-hydroxylation sites is 1. The predicted molar refractivity (Wildman–Crippen MR) is 69.6 cm³/mol. The van der Waals surface area contributed by atoms with E-state index in [1.165, 1.54) is 0 Å². The van der Waals surface area contributed by atoms with Gasteiger partial charge in [-0.1, -0.05) is 6.07 Å². The Kier molecular flexibility index (Phi) is 2.40. The number of aromatic amines is 1. The molecule has 0 amide bonds. The quantitative estimate of drug-likeness (QED) is 0.749. The number of nitrogens with one attached hydrogen (secondary N) is 1. The van der Waals surface area contributed by atoms with E-state index in [1.54, 1.807) is 12.4 Å². The lowest BCUT2D eigenvalue weighted by Crippen LogP contribution is -1.89. The highest BCUT2D eigenvalue weighted by Gasteiger charge is 2.08. The fraction of sp³-hybridized carbons (Fsp3) is 0.0833. The van der Waals surface area contributed by atoms with Crippen LogP contribution in [0.15, 0.2) is 35.1 Å². The van der Waals surface area contributed by atoms with Crippen molar-refractivity contribution >= 4 is 27.0 Å². The molecule has 5 heteroatoms. The first-order valence-corrected chi connectivity index (χ1v) is 5.96. The van der Waals surface area contributed by atoms with Crippen LogP contribution in [0.4, 0.5) is 0 Å². The summed E-state index contributed by atoms with van der Waals surface area (Å²) in [5.74, 6) is 0. The molecule has 3 aromatic rings. The first-order valence-electron chi connectivity index (χ1n) is 5.17. The van der Waals surface area contributed by atoms with Crippen LogP contribution in [0, 0.1) is 6.92 Å². The minimum absolute atomic E-state index is 0.835. The second-order valence-corrected chi connectivity index (χ2v) is 4.63. The van der Waals surface area contributed by atoms with Crippen molar-refractivity contribution in [2.75, 3.05) is 0 Å². The van der Waals surface area contributed by atoms with E-state index in [0.717, 1.165) is 32.5 Å². The highest BCUT2D eigenvalue weighted by Crippen LogP contribution is 2.24. The number of hydrogen-bond donors (Lipinski definition) is 1. The molecular weight excluding hydrogens is 280 g/mol. The summed E-state index contributed by atoms with van der Waals surface area (Å²) in [5.41, 5.74) is 4.56. The molecule has 3 rings (SSSR count). The van der Waals surface area contributed by atoms with Gasteiger partial charge < -0.3 is 0 Å². The maximum Gasteiger partial charge on any atom is 0.103 e. The summed E-state index contributed by atoms with van der Waals surface area (Å²) in [6.07, 6.45) is 3.54. The second-order valence-electron chi connectivity index (χ2n) is 3.77. The van der Waals surface area contributed by atoms with E-state index in [9.17, 15) is 0 Å². The van der Waals surface area contributed by atoms with E-state index in [4.69, 9.17) is 0 Å². The van der Waals surface area contributed by atoms with Crippen LogP contribution in [-0.2, 0) is 0 Å². The van der Waals surface area contributed by atoms with Crippen LogP contribution in [-0.4, -0.2) is 20.2 Å². The third kappa shape index (κ3) is 1.72. The van der Waals surface area contributed by atoms with Gasteiger partial charge in [-0.3, -0.25) is 10.1 Å². The van der Waals surface area contributed by atoms with Gasteiger partial charge in [0.05, 0.1) is 23.6 Å². The molecule has 4 nitrogen and oxygen atoms in total. The van der Waals surface area contributed by atoms with Gasteiger partial charge in [-0.05, 0) is 35.0 Å². The molecule has 17 heavy (non-hydrogen) atoms. The molecule has 0 fully saturated rings. The van der Waals surface area contributed by atoms with Crippen molar-refractivity contribution in [1.29, 1.82) is 0 Å². The molecule has 0 saturated carbocycles. The first kappa shape index (κ1) is 10.4. The summed E-state index contributed by atoms with van der Waals surface area (Å²) in [4.78, 5) is 9.01. The van der Waals surface area contributed by atoms with Gasteiger partial charge in [0.15, 0.2) is 0 Å². The third-order valence-corrected chi connectivity index (χ3v) is 3.27. The maximum absolute atomic E-state index is 4.59. The number of H-pyrrole nitrogens is 1. The number of hydrogen-bond acceptors (Lipinski definition) is 3. The smallest absolute Gasteiger partial charge is 0.103 e. The Balaban J connectivity index is 2.24. The van der Waals surface area contributed by atoms with Crippen LogP contribution in [0.2, 0.25) is 0 Å². The van der Waals surface area contributed by atoms with Crippen LogP contribution >= 0.6 is 15.9 Å². The molecule has 0 radical (unpaired) electrons. The first-order chi connectivity index (χ1) is 8.25.